The maximum absolute atomic E-state index is 8.77. The van der Waals surface area contributed by atoms with Crippen molar-refractivity contribution in [2.75, 3.05) is 26.8 Å². The number of hydrogen-bond acceptors (Lipinski definition) is 5. The van der Waals surface area contributed by atoms with E-state index in [1.165, 1.54) is 0 Å². The molecule has 6 nitrogen and oxygen atoms in total. The van der Waals surface area contributed by atoms with Gasteiger partial charge in [0.1, 0.15) is 0 Å². The number of methoxy groups -OCH3 is 1. The topological polar surface area (TPSA) is 85.3 Å². The van der Waals surface area contributed by atoms with Crippen molar-refractivity contribution in [3.8, 4) is 5.88 Å². The number of ether oxygens (including phenoxy) is 1. The smallest absolute Gasteiger partial charge is 0.216 e. The summed E-state index contributed by atoms with van der Waals surface area (Å²) in [4.78, 5) is 0. The van der Waals surface area contributed by atoms with Crippen LogP contribution in [0.2, 0.25) is 0 Å². The summed E-state index contributed by atoms with van der Waals surface area (Å²) in [5.41, 5.74) is 7.68. The van der Waals surface area contributed by atoms with Gasteiger partial charge in [-0.25, -0.2) is 4.68 Å². The van der Waals surface area contributed by atoms with Gasteiger partial charge in [-0.1, -0.05) is 0 Å². The van der Waals surface area contributed by atoms with Gasteiger partial charge in [0.2, 0.25) is 5.88 Å². The molecular formula is C11H22N4O2. The molecule has 0 bridgehead atoms. The van der Waals surface area contributed by atoms with Crippen molar-refractivity contribution in [3.05, 3.63) is 11.3 Å². The molecule has 1 atom stereocenters. The average Bonchev–Trinajstić information content (AvgIpc) is 2.59. The highest BCUT2D eigenvalue weighted by atomic mass is 16.5. The second kappa shape index (κ2) is 6.58. The Labute approximate surface area is 102 Å². The zero-order valence-electron chi connectivity index (χ0n) is 10.7. The molecule has 0 aliphatic heterocycles. The second-order valence-electron chi connectivity index (χ2n) is 3.95. The van der Waals surface area contributed by atoms with E-state index >= 15 is 0 Å². The van der Waals surface area contributed by atoms with Gasteiger partial charge in [-0.15, -0.1) is 0 Å². The predicted octanol–water partition coefficient (Wildman–Crippen LogP) is -0.291. The van der Waals surface area contributed by atoms with Gasteiger partial charge in [-0.05, 0) is 19.9 Å². The molecule has 17 heavy (non-hydrogen) atoms. The summed E-state index contributed by atoms with van der Waals surface area (Å²) in [7, 11) is 3.47. The molecule has 1 unspecified atom stereocenters. The minimum atomic E-state index is 0.00481. The highest BCUT2D eigenvalue weighted by Gasteiger charge is 2.21. The van der Waals surface area contributed by atoms with Gasteiger partial charge in [0.05, 0.1) is 24.4 Å². The Balaban J connectivity index is 2.86. The van der Waals surface area contributed by atoms with Crippen molar-refractivity contribution in [3.63, 3.8) is 0 Å². The molecule has 0 aliphatic rings. The fourth-order valence-electron chi connectivity index (χ4n) is 1.96. The van der Waals surface area contributed by atoms with Gasteiger partial charge < -0.3 is 20.9 Å². The number of nitrogens with one attached hydrogen (secondary N) is 1. The van der Waals surface area contributed by atoms with Crippen LogP contribution in [-0.4, -0.2) is 41.7 Å². The Kier molecular flexibility index (Phi) is 5.40. The van der Waals surface area contributed by atoms with Crippen molar-refractivity contribution in [1.82, 2.24) is 15.1 Å². The molecule has 1 heterocycles. The van der Waals surface area contributed by atoms with Crippen LogP contribution in [0, 0.1) is 6.92 Å². The minimum absolute atomic E-state index is 0.00481. The quantitative estimate of drug-likeness (QED) is 0.572. The van der Waals surface area contributed by atoms with E-state index < -0.39 is 0 Å². The SMILES string of the molecule is COc1c(C(CN)NCCCO)c(C)nn1C. The number of nitrogens with zero attached hydrogens (tertiary/aromatic N) is 2. The van der Waals surface area contributed by atoms with E-state index in [0.717, 1.165) is 23.7 Å². The normalized spacial score (nSPS) is 12.8. The van der Waals surface area contributed by atoms with Gasteiger partial charge in [-0.3, -0.25) is 0 Å². The fraction of sp³-hybridized carbons (Fsp3) is 0.727. The molecule has 0 spiro atoms. The first-order chi connectivity index (χ1) is 8.15. The molecule has 1 aromatic heterocycles. The molecule has 98 valence electrons. The number of nitrogens with two attached hydrogens (primary N) is 1. The summed E-state index contributed by atoms with van der Waals surface area (Å²) in [6.45, 7) is 3.30. The number of aryl methyl sites for hydroxylation is 2. The van der Waals surface area contributed by atoms with E-state index in [1.807, 2.05) is 14.0 Å². The maximum Gasteiger partial charge on any atom is 0.216 e. The van der Waals surface area contributed by atoms with Crippen LogP contribution in [0.3, 0.4) is 0 Å². The average molecular weight is 242 g/mol. The summed E-state index contributed by atoms with van der Waals surface area (Å²) in [5, 5.41) is 16.4. The van der Waals surface area contributed by atoms with Crippen LogP contribution in [0.25, 0.3) is 0 Å². The minimum Gasteiger partial charge on any atom is -0.481 e. The Morgan fingerprint density at radius 2 is 2.29 bits per heavy atom. The predicted molar refractivity (Wildman–Crippen MR) is 66.0 cm³/mol. The standard InChI is InChI=1S/C11H22N4O2/c1-8-10(11(17-3)15(2)14-8)9(7-12)13-5-4-6-16/h9,13,16H,4-7,12H2,1-3H3. The van der Waals surface area contributed by atoms with Crippen LogP contribution in [0.5, 0.6) is 5.88 Å². The molecule has 0 aliphatic carbocycles. The van der Waals surface area contributed by atoms with Crippen molar-refractivity contribution >= 4 is 0 Å². The summed E-state index contributed by atoms with van der Waals surface area (Å²) < 4.78 is 7.05. The van der Waals surface area contributed by atoms with E-state index in [1.54, 1.807) is 11.8 Å². The summed E-state index contributed by atoms with van der Waals surface area (Å²) >= 11 is 0. The van der Waals surface area contributed by atoms with Crippen LogP contribution in [-0.2, 0) is 7.05 Å². The van der Waals surface area contributed by atoms with Crippen LogP contribution in [0.1, 0.15) is 23.7 Å². The van der Waals surface area contributed by atoms with E-state index in [2.05, 4.69) is 10.4 Å². The molecule has 1 aromatic rings. The molecule has 0 aromatic carbocycles. The van der Waals surface area contributed by atoms with Crippen molar-refractivity contribution < 1.29 is 9.84 Å². The van der Waals surface area contributed by atoms with E-state index in [-0.39, 0.29) is 12.6 Å². The first-order valence-electron chi connectivity index (χ1n) is 5.77. The Morgan fingerprint density at radius 1 is 1.59 bits per heavy atom. The van der Waals surface area contributed by atoms with E-state index in [9.17, 15) is 0 Å². The lowest BCUT2D eigenvalue weighted by Crippen LogP contribution is -2.30. The van der Waals surface area contributed by atoms with E-state index in [0.29, 0.717) is 13.0 Å². The lowest BCUT2D eigenvalue weighted by molar-refractivity contribution is 0.283. The zero-order chi connectivity index (χ0) is 12.8. The Hall–Kier alpha value is -1.11. The number of hydrogen-bond donors (Lipinski definition) is 3. The van der Waals surface area contributed by atoms with Gasteiger partial charge >= 0.3 is 0 Å². The first-order valence-corrected chi connectivity index (χ1v) is 5.77. The van der Waals surface area contributed by atoms with Crippen molar-refractivity contribution in [2.45, 2.75) is 19.4 Å². The fourth-order valence-corrected chi connectivity index (χ4v) is 1.96. The van der Waals surface area contributed by atoms with Crippen molar-refractivity contribution in [1.29, 1.82) is 0 Å². The number of aliphatic hydroxyl groups is 1. The Morgan fingerprint density at radius 3 is 2.82 bits per heavy atom. The van der Waals surface area contributed by atoms with Crippen LogP contribution < -0.4 is 15.8 Å². The van der Waals surface area contributed by atoms with Crippen LogP contribution in [0.4, 0.5) is 0 Å². The molecule has 6 heteroatoms. The van der Waals surface area contributed by atoms with Gasteiger partial charge in [0.15, 0.2) is 0 Å². The van der Waals surface area contributed by atoms with Gasteiger partial charge in [0, 0.05) is 20.2 Å². The number of rotatable bonds is 7. The molecule has 0 saturated carbocycles. The third kappa shape index (κ3) is 3.18. The lowest BCUT2D eigenvalue weighted by atomic mass is 10.1. The first kappa shape index (κ1) is 14.0. The third-order valence-electron chi connectivity index (χ3n) is 2.72. The molecule has 0 fully saturated rings. The molecule has 4 N–H and O–H groups in total. The largest absolute Gasteiger partial charge is 0.481 e. The summed E-state index contributed by atoms with van der Waals surface area (Å²) in [6.07, 6.45) is 0.706. The van der Waals surface area contributed by atoms with Gasteiger partial charge in [-0.2, -0.15) is 5.10 Å². The summed E-state index contributed by atoms with van der Waals surface area (Å²) in [5.74, 6) is 0.731. The highest BCUT2D eigenvalue weighted by molar-refractivity contribution is 5.34. The molecule has 1 rings (SSSR count). The molecule has 0 saturated heterocycles. The van der Waals surface area contributed by atoms with Crippen LogP contribution in [0.15, 0.2) is 0 Å². The van der Waals surface area contributed by atoms with Gasteiger partial charge in [0.25, 0.3) is 0 Å². The Bertz CT molecular complexity index is 351. The van der Waals surface area contributed by atoms with E-state index in [4.69, 9.17) is 15.6 Å². The second-order valence-corrected chi connectivity index (χ2v) is 3.95. The van der Waals surface area contributed by atoms with Crippen molar-refractivity contribution in [2.24, 2.45) is 12.8 Å². The summed E-state index contributed by atoms with van der Waals surface area (Å²) in [6, 6.07) is 0.00481. The maximum atomic E-state index is 8.77. The third-order valence-corrected chi connectivity index (χ3v) is 2.72. The highest BCUT2D eigenvalue weighted by Crippen LogP contribution is 2.27. The lowest BCUT2D eigenvalue weighted by Gasteiger charge is -2.17. The zero-order valence-corrected chi connectivity index (χ0v) is 10.7. The molecular weight excluding hydrogens is 220 g/mol. The molecule has 0 radical (unpaired) electrons. The number of aromatic nitrogens is 2. The van der Waals surface area contributed by atoms with Crippen LogP contribution >= 0.6 is 0 Å². The molecule has 0 amide bonds. The number of aliphatic hydroxyl groups excluding tert-OH is 1. The monoisotopic (exact) mass is 242 g/mol.